The maximum atomic E-state index is 11.3. The highest BCUT2D eigenvalue weighted by atomic mass is 16.5. The van der Waals surface area contributed by atoms with Crippen molar-refractivity contribution in [1.82, 2.24) is 10.6 Å². The summed E-state index contributed by atoms with van der Waals surface area (Å²) in [6, 6.07) is -0.137. The van der Waals surface area contributed by atoms with Gasteiger partial charge in [-0.1, -0.05) is 13.3 Å². The van der Waals surface area contributed by atoms with E-state index < -0.39 is 0 Å². The Hall–Kier alpha value is -0.770. The van der Waals surface area contributed by atoms with E-state index in [4.69, 9.17) is 4.74 Å². The van der Waals surface area contributed by atoms with Crippen LogP contribution in [0.25, 0.3) is 0 Å². The van der Waals surface area contributed by atoms with E-state index in [0.717, 1.165) is 19.4 Å². The van der Waals surface area contributed by atoms with Gasteiger partial charge in [-0.2, -0.15) is 0 Å². The molecule has 2 N–H and O–H groups in total. The molecule has 0 aromatic heterocycles. The molecule has 0 aromatic carbocycles. The average molecular weight is 216 g/mol. The minimum absolute atomic E-state index is 0.137. The van der Waals surface area contributed by atoms with Gasteiger partial charge in [0, 0.05) is 18.7 Å². The van der Waals surface area contributed by atoms with Gasteiger partial charge in [-0.25, -0.2) is 4.79 Å². The van der Waals surface area contributed by atoms with E-state index in [9.17, 15) is 4.79 Å². The van der Waals surface area contributed by atoms with Crippen molar-refractivity contribution in [3.8, 4) is 0 Å². The summed E-state index contributed by atoms with van der Waals surface area (Å²) in [5, 5.41) is 5.56. The van der Waals surface area contributed by atoms with E-state index in [1.54, 1.807) is 0 Å². The molecule has 0 aliphatic rings. The minimum atomic E-state index is -0.187. The fourth-order valence-electron chi connectivity index (χ4n) is 0.970. The third-order valence-corrected chi connectivity index (χ3v) is 1.66. The van der Waals surface area contributed by atoms with Crippen molar-refractivity contribution < 1.29 is 9.53 Å². The second-order valence-electron chi connectivity index (χ2n) is 4.60. The first-order chi connectivity index (χ1) is 6.95. The Bertz CT molecular complexity index is 176. The van der Waals surface area contributed by atoms with Crippen LogP contribution in [0.15, 0.2) is 0 Å². The van der Waals surface area contributed by atoms with Gasteiger partial charge < -0.3 is 15.4 Å². The molecule has 15 heavy (non-hydrogen) atoms. The van der Waals surface area contributed by atoms with Crippen molar-refractivity contribution in [2.45, 2.75) is 46.1 Å². The normalized spacial score (nSPS) is 11.2. The molecule has 90 valence electrons. The van der Waals surface area contributed by atoms with Crippen molar-refractivity contribution in [1.29, 1.82) is 0 Å². The molecule has 0 saturated heterocycles. The molecule has 0 fully saturated rings. The summed E-state index contributed by atoms with van der Waals surface area (Å²) >= 11 is 0. The Morgan fingerprint density at radius 2 is 1.93 bits per heavy atom. The standard InChI is InChI=1S/C11H24N2O2/c1-5-6-8-15-9-7-12-10(14)13-11(2,3)4/h5-9H2,1-4H3,(H2,12,13,14). The second kappa shape index (κ2) is 7.51. The van der Waals surface area contributed by atoms with Gasteiger partial charge in [0.15, 0.2) is 0 Å². The van der Waals surface area contributed by atoms with Crippen molar-refractivity contribution in [2.75, 3.05) is 19.8 Å². The molecule has 0 saturated carbocycles. The Kier molecular flexibility index (Phi) is 7.13. The molecule has 0 radical (unpaired) electrons. The number of carbonyl (C=O) groups excluding carboxylic acids is 1. The summed E-state index contributed by atoms with van der Waals surface area (Å²) in [7, 11) is 0. The molecular formula is C11H24N2O2. The Morgan fingerprint density at radius 3 is 2.47 bits per heavy atom. The van der Waals surface area contributed by atoms with Gasteiger partial charge in [0.2, 0.25) is 0 Å². The van der Waals surface area contributed by atoms with Crippen LogP contribution in [0.5, 0.6) is 0 Å². The molecule has 0 spiro atoms. The van der Waals surface area contributed by atoms with E-state index in [1.807, 2.05) is 20.8 Å². The van der Waals surface area contributed by atoms with Crippen LogP contribution in [0.3, 0.4) is 0 Å². The third-order valence-electron chi connectivity index (χ3n) is 1.66. The first-order valence-electron chi connectivity index (χ1n) is 5.59. The van der Waals surface area contributed by atoms with Gasteiger partial charge in [0.25, 0.3) is 0 Å². The minimum Gasteiger partial charge on any atom is -0.380 e. The number of urea groups is 1. The molecule has 2 amide bonds. The highest BCUT2D eigenvalue weighted by molar-refractivity contribution is 5.74. The van der Waals surface area contributed by atoms with E-state index >= 15 is 0 Å². The molecule has 0 aromatic rings. The van der Waals surface area contributed by atoms with Crippen LogP contribution in [0.4, 0.5) is 4.79 Å². The van der Waals surface area contributed by atoms with Crippen LogP contribution in [0.1, 0.15) is 40.5 Å². The van der Waals surface area contributed by atoms with Crippen LogP contribution in [-0.2, 0) is 4.74 Å². The number of unbranched alkanes of at least 4 members (excludes halogenated alkanes) is 1. The maximum Gasteiger partial charge on any atom is 0.315 e. The van der Waals surface area contributed by atoms with Crippen LogP contribution < -0.4 is 10.6 Å². The van der Waals surface area contributed by atoms with Crippen molar-refractivity contribution in [2.24, 2.45) is 0 Å². The average Bonchev–Trinajstić information content (AvgIpc) is 2.08. The van der Waals surface area contributed by atoms with Gasteiger partial charge in [0.05, 0.1) is 6.61 Å². The topological polar surface area (TPSA) is 50.4 Å². The number of carbonyl (C=O) groups is 1. The smallest absolute Gasteiger partial charge is 0.315 e. The number of rotatable bonds is 6. The third kappa shape index (κ3) is 11.2. The number of hydrogen-bond acceptors (Lipinski definition) is 2. The van der Waals surface area contributed by atoms with Crippen molar-refractivity contribution in [3.63, 3.8) is 0 Å². The largest absolute Gasteiger partial charge is 0.380 e. The zero-order valence-electron chi connectivity index (χ0n) is 10.4. The lowest BCUT2D eigenvalue weighted by atomic mass is 10.1. The first kappa shape index (κ1) is 14.2. The Balaban J connectivity index is 3.32. The van der Waals surface area contributed by atoms with Gasteiger partial charge in [-0.15, -0.1) is 0 Å². The SMILES string of the molecule is CCCCOCCNC(=O)NC(C)(C)C. The number of hydrogen-bond donors (Lipinski definition) is 2. The summed E-state index contributed by atoms with van der Waals surface area (Å²) in [6.45, 7) is 9.89. The predicted octanol–water partition coefficient (Wildman–Crippen LogP) is 1.90. The van der Waals surface area contributed by atoms with Crippen molar-refractivity contribution >= 4 is 6.03 Å². The molecular weight excluding hydrogens is 192 g/mol. The fourth-order valence-corrected chi connectivity index (χ4v) is 0.970. The van der Waals surface area contributed by atoms with Crippen molar-refractivity contribution in [3.05, 3.63) is 0 Å². The monoisotopic (exact) mass is 216 g/mol. The van der Waals surface area contributed by atoms with Gasteiger partial charge in [0.1, 0.15) is 0 Å². The lowest BCUT2D eigenvalue weighted by molar-refractivity contribution is 0.133. The second-order valence-corrected chi connectivity index (χ2v) is 4.60. The highest BCUT2D eigenvalue weighted by Crippen LogP contribution is 1.97. The van der Waals surface area contributed by atoms with Crippen LogP contribution in [0, 0.1) is 0 Å². The van der Waals surface area contributed by atoms with Gasteiger partial charge >= 0.3 is 6.03 Å². The van der Waals surface area contributed by atoms with E-state index in [2.05, 4.69) is 17.6 Å². The summed E-state index contributed by atoms with van der Waals surface area (Å²) in [4.78, 5) is 11.3. The molecule has 0 rings (SSSR count). The van der Waals surface area contributed by atoms with E-state index in [1.165, 1.54) is 0 Å². The van der Waals surface area contributed by atoms with Crippen LogP contribution >= 0.6 is 0 Å². The lowest BCUT2D eigenvalue weighted by Gasteiger charge is -2.20. The zero-order valence-corrected chi connectivity index (χ0v) is 10.4. The summed E-state index contributed by atoms with van der Waals surface area (Å²) in [6.07, 6.45) is 2.21. The fraction of sp³-hybridized carbons (Fsp3) is 0.909. The molecule has 0 aliphatic heterocycles. The van der Waals surface area contributed by atoms with Crippen LogP contribution in [-0.4, -0.2) is 31.3 Å². The van der Waals surface area contributed by atoms with E-state index in [0.29, 0.717) is 13.2 Å². The molecule has 4 nitrogen and oxygen atoms in total. The zero-order chi connectivity index (χ0) is 11.7. The highest BCUT2D eigenvalue weighted by Gasteiger charge is 2.12. The molecule has 0 aliphatic carbocycles. The molecule has 0 heterocycles. The molecule has 0 bridgehead atoms. The number of nitrogens with one attached hydrogen (secondary N) is 2. The van der Waals surface area contributed by atoms with Gasteiger partial charge in [-0.3, -0.25) is 0 Å². The number of amides is 2. The Labute approximate surface area is 92.8 Å². The quantitative estimate of drug-likeness (QED) is 0.666. The molecule has 0 atom stereocenters. The molecule has 4 heteroatoms. The van der Waals surface area contributed by atoms with Gasteiger partial charge in [-0.05, 0) is 27.2 Å². The Morgan fingerprint density at radius 1 is 1.27 bits per heavy atom. The summed E-state index contributed by atoms with van der Waals surface area (Å²) in [5.41, 5.74) is -0.187. The molecule has 0 unspecified atom stereocenters. The number of ether oxygens (including phenoxy) is 1. The maximum absolute atomic E-state index is 11.3. The lowest BCUT2D eigenvalue weighted by Crippen LogP contribution is -2.47. The first-order valence-corrected chi connectivity index (χ1v) is 5.59. The van der Waals surface area contributed by atoms with E-state index in [-0.39, 0.29) is 11.6 Å². The predicted molar refractivity (Wildman–Crippen MR) is 62.0 cm³/mol. The van der Waals surface area contributed by atoms with Crippen LogP contribution in [0.2, 0.25) is 0 Å². The summed E-state index contributed by atoms with van der Waals surface area (Å²) in [5.74, 6) is 0. The summed E-state index contributed by atoms with van der Waals surface area (Å²) < 4.78 is 5.31.